The minimum absolute atomic E-state index is 0.0141. The highest BCUT2D eigenvalue weighted by Gasteiger charge is 2.49. The van der Waals surface area contributed by atoms with Gasteiger partial charge in [-0.15, -0.1) is 0 Å². The van der Waals surface area contributed by atoms with E-state index in [1.807, 2.05) is 36.4 Å². The first kappa shape index (κ1) is 29.0. The summed E-state index contributed by atoms with van der Waals surface area (Å²) in [5, 5.41) is 3.52. The van der Waals surface area contributed by atoms with Crippen molar-refractivity contribution in [3.63, 3.8) is 0 Å². The molecule has 3 aromatic rings. The van der Waals surface area contributed by atoms with Crippen LogP contribution in [0, 0.1) is 17.8 Å². The zero-order valence-corrected chi connectivity index (χ0v) is 26.8. The molecule has 0 spiro atoms. The zero-order chi connectivity index (χ0) is 30.6. The van der Waals surface area contributed by atoms with Crippen LogP contribution in [0.2, 0.25) is 0 Å². The third-order valence-corrected chi connectivity index (χ3v) is 10.9. The molecular formula is C37H46N6O. The number of benzene rings is 1. The summed E-state index contributed by atoms with van der Waals surface area (Å²) < 4.78 is 2.04. The molecule has 1 amide bonds. The molecule has 1 aliphatic heterocycles. The Morgan fingerprint density at radius 3 is 2.57 bits per heavy atom. The smallest absolute Gasteiger partial charge is 0.227 e. The molecule has 1 N–H and O–H groups in total. The van der Waals surface area contributed by atoms with Gasteiger partial charge in [0.2, 0.25) is 5.91 Å². The lowest BCUT2D eigenvalue weighted by Crippen LogP contribution is -2.47. The van der Waals surface area contributed by atoms with Crippen molar-refractivity contribution >= 4 is 17.6 Å². The lowest BCUT2D eigenvalue weighted by Gasteiger charge is -2.41. The first-order chi connectivity index (χ1) is 21.2. The van der Waals surface area contributed by atoms with Crippen LogP contribution < -0.4 is 5.32 Å². The first-order valence-corrected chi connectivity index (χ1v) is 16.4. The number of hydrogen-bond donors (Lipinski definition) is 1. The van der Waals surface area contributed by atoms with Gasteiger partial charge in [-0.05, 0) is 85.3 Å². The maximum absolute atomic E-state index is 13.8. The van der Waals surface area contributed by atoms with Gasteiger partial charge in [-0.1, -0.05) is 50.3 Å². The summed E-state index contributed by atoms with van der Waals surface area (Å²) in [6.07, 6.45) is 14.4. The summed E-state index contributed by atoms with van der Waals surface area (Å²) in [4.78, 5) is 28.4. The Morgan fingerprint density at radius 2 is 1.91 bits per heavy atom. The van der Waals surface area contributed by atoms with Crippen LogP contribution in [0.15, 0.2) is 61.3 Å². The Hall–Kier alpha value is -3.71. The molecule has 1 aromatic carbocycles. The SMILES string of the molecule is C=C(CC1(C)CC1)N1CCN(C2c3ccc(C)cc3C(C(NC(=O)C3(CC)CC3)c3cncn3C)=Cc3cccnc32)CC1. The highest BCUT2D eigenvalue weighted by atomic mass is 16.2. The van der Waals surface area contributed by atoms with E-state index in [2.05, 4.69) is 77.8 Å². The van der Waals surface area contributed by atoms with E-state index < -0.39 is 0 Å². The highest BCUT2D eigenvalue weighted by Crippen LogP contribution is 2.51. The van der Waals surface area contributed by atoms with E-state index in [4.69, 9.17) is 4.98 Å². The lowest BCUT2D eigenvalue weighted by molar-refractivity contribution is -0.126. The fourth-order valence-corrected chi connectivity index (χ4v) is 7.36. The fourth-order valence-electron chi connectivity index (χ4n) is 7.36. The quantitative estimate of drug-likeness (QED) is 0.311. The molecule has 230 valence electrons. The summed E-state index contributed by atoms with van der Waals surface area (Å²) in [7, 11) is 2.01. The summed E-state index contributed by atoms with van der Waals surface area (Å²) in [5.74, 6) is 0.143. The molecule has 4 aliphatic rings. The predicted molar refractivity (Wildman–Crippen MR) is 175 cm³/mol. The van der Waals surface area contributed by atoms with E-state index in [0.29, 0.717) is 5.41 Å². The van der Waals surface area contributed by atoms with Gasteiger partial charge in [-0.2, -0.15) is 0 Å². The molecule has 7 nitrogen and oxygen atoms in total. The van der Waals surface area contributed by atoms with Crippen LogP contribution >= 0.6 is 0 Å². The maximum atomic E-state index is 13.8. The molecular weight excluding hydrogens is 544 g/mol. The maximum Gasteiger partial charge on any atom is 0.227 e. The Morgan fingerprint density at radius 1 is 1.14 bits per heavy atom. The van der Waals surface area contributed by atoms with Gasteiger partial charge in [0, 0.05) is 50.5 Å². The van der Waals surface area contributed by atoms with Crippen molar-refractivity contribution in [1.29, 1.82) is 0 Å². The molecule has 0 radical (unpaired) electrons. The van der Waals surface area contributed by atoms with Crippen molar-refractivity contribution in [2.24, 2.45) is 17.9 Å². The molecule has 2 saturated carbocycles. The van der Waals surface area contributed by atoms with Gasteiger partial charge in [0.1, 0.15) is 0 Å². The van der Waals surface area contributed by atoms with Gasteiger partial charge in [0.05, 0.1) is 36.0 Å². The predicted octanol–water partition coefficient (Wildman–Crippen LogP) is 6.44. The van der Waals surface area contributed by atoms with E-state index >= 15 is 0 Å². The van der Waals surface area contributed by atoms with Crippen LogP contribution in [0.1, 0.15) is 98.1 Å². The van der Waals surface area contributed by atoms with Crippen molar-refractivity contribution in [2.75, 3.05) is 26.2 Å². The molecule has 1 saturated heterocycles. The monoisotopic (exact) mass is 590 g/mol. The minimum Gasteiger partial charge on any atom is -0.373 e. The second-order valence-corrected chi connectivity index (χ2v) is 14.1. The first-order valence-electron chi connectivity index (χ1n) is 16.4. The van der Waals surface area contributed by atoms with Crippen LogP contribution in [-0.2, 0) is 11.8 Å². The van der Waals surface area contributed by atoms with Crippen LogP contribution in [0.5, 0.6) is 0 Å². The van der Waals surface area contributed by atoms with E-state index in [1.165, 1.54) is 35.2 Å². The average Bonchev–Trinajstić information content (AvgIpc) is 3.94. The Labute approximate surface area is 262 Å². The van der Waals surface area contributed by atoms with E-state index in [0.717, 1.165) is 74.4 Å². The number of nitrogens with one attached hydrogen (secondary N) is 1. The minimum atomic E-state index is -0.338. The number of imidazole rings is 1. The van der Waals surface area contributed by atoms with Crippen molar-refractivity contribution in [1.82, 2.24) is 29.7 Å². The molecule has 44 heavy (non-hydrogen) atoms. The molecule has 7 heteroatoms. The normalized spacial score (nSPS) is 22.2. The number of rotatable bonds is 9. The topological polar surface area (TPSA) is 66.3 Å². The van der Waals surface area contributed by atoms with Crippen molar-refractivity contribution in [3.05, 3.63) is 95.0 Å². The van der Waals surface area contributed by atoms with Crippen molar-refractivity contribution < 1.29 is 4.79 Å². The van der Waals surface area contributed by atoms with Crippen molar-refractivity contribution in [3.8, 4) is 0 Å². The van der Waals surface area contributed by atoms with Crippen molar-refractivity contribution in [2.45, 2.75) is 71.4 Å². The fraction of sp³-hybridized carbons (Fsp3) is 0.486. The van der Waals surface area contributed by atoms with Crippen LogP contribution in [0.4, 0.5) is 0 Å². The molecule has 7 rings (SSSR count). The Balaban J connectivity index is 1.28. The van der Waals surface area contributed by atoms with E-state index in [-0.39, 0.29) is 23.4 Å². The van der Waals surface area contributed by atoms with Crippen LogP contribution in [0.25, 0.3) is 11.6 Å². The van der Waals surface area contributed by atoms with Gasteiger partial charge in [-0.25, -0.2) is 4.98 Å². The number of amides is 1. The van der Waals surface area contributed by atoms with Crippen LogP contribution in [0.3, 0.4) is 0 Å². The second-order valence-electron chi connectivity index (χ2n) is 14.1. The molecule has 3 heterocycles. The number of pyridine rings is 1. The number of fused-ring (bicyclic) bond motifs is 2. The van der Waals surface area contributed by atoms with Crippen LogP contribution in [-0.4, -0.2) is 56.4 Å². The number of nitrogens with zero attached hydrogens (tertiary/aromatic N) is 5. The van der Waals surface area contributed by atoms with Gasteiger partial charge < -0.3 is 14.8 Å². The standard InChI is InChI=1S/C37H46N6O/c1-6-37(13-14-37)35(44)40-33(31-23-38-24-41(31)5)30-21-27-8-7-15-39-32(27)34(28-10-9-25(2)20-29(28)30)43-18-16-42(17-19-43)26(3)22-36(4)11-12-36/h7-10,15,20-21,23-24,33-34H,3,6,11-14,16-19,22H2,1-2,4-5H3,(H,40,44). The number of allylic oxidation sites excluding steroid dienone is 1. The third-order valence-electron chi connectivity index (χ3n) is 10.9. The van der Waals surface area contributed by atoms with E-state index in [1.54, 1.807) is 0 Å². The summed E-state index contributed by atoms with van der Waals surface area (Å²) in [6, 6.07) is 10.7. The Bertz CT molecular complexity index is 1620. The number of hydrogen-bond acceptors (Lipinski definition) is 5. The lowest BCUT2D eigenvalue weighted by atomic mass is 9.88. The number of piperazine rings is 1. The summed E-state index contributed by atoms with van der Waals surface area (Å²) in [6.45, 7) is 15.0. The van der Waals surface area contributed by atoms with Gasteiger partial charge in [0.25, 0.3) is 0 Å². The summed E-state index contributed by atoms with van der Waals surface area (Å²) in [5.41, 5.74) is 9.38. The molecule has 0 bridgehead atoms. The molecule has 3 aliphatic carbocycles. The zero-order valence-electron chi connectivity index (χ0n) is 26.8. The molecule has 2 aromatic heterocycles. The Kier molecular flexibility index (Phi) is 7.27. The molecule has 3 fully saturated rings. The molecule has 2 atom stereocenters. The number of carbonyl (C=O) groups is 1. The third kappa shape index (κ3) is 5.29. The largest absolute Gasteiger partial charge is 0.373 e. The highest BCUT2D eigenvalue weighted by molar-refractivity contribution is 5.93. The number of carbonyl (C=O) groups excluding carboxylic acids is 1. The number of aromatic nitrogens is 3. The molecule has 2 unspecified atom stereocenters. The van der Waals surface area contributed by atoms with E-state index in [9.17, 15) is 4.79 Å². The second kappa shape index (κ2) is 11.0. The van der Waals surface area contributed by atoms with Gasteiger partial charge in [-0.3, -0.25) is 14.7 Å². The summed E-state index contributed by atoms with van der Waals surface area (Å²) >= 11 is 0. The number of aryl methyl sites for hydroxylation is 2. The van der Waals surface area contributed by atoms with Gasteiger partial charge >= 0.3 is 0 Å². The van der Waals surface area contributed by atoms with Gasteiger partial charge in [0.15, 0.2) is 0 Å². The average molecular weight is 591 g/mol.